The SMILES string of the molecule is CCOc1ccc(C(O)C(CN)c2cccc(Cl)c2)cc1. The van der Waals surface area contributed by atoms with E-state index in [0.717, 1.165) is 16.9 Å². The number of nitrogens with two attached hydrogens (primary N) is 1. The molecular weight excluding hydrogens is 286 g/mol. The van der Waals surface area contributed by atoms with Crippen LogP contribution < -0.4 is 10.5 Å². The molecule has 0 aliphatic heterocycles. The second kappa shape index (κ2) is 7.46. The van der Waals surface area contributed by atoms with Gasteiger partial charge in [-0.15, -0.1) is 0 Å². The zero-order chi connectivity index (χ0) is 15.2. The van der Waals surface area contributed by atoms with Crippen LogP contribution >= 0.6 is 11.6 Å². The number of hydrogen-bond acceptors (Lipinski definition) is 3. The number of benzene rings is 2. The van der Waals surface area contributed by atoms with Crippen LogP contribution in [0.2, 0.25) is 5.02 Å². The van der Waals surface area contributed by atoms with Gasteiger partial charge in [0.15, 0.2) is 0 Å². The summed E-state index contributed by atoms with van der Waals surface area (Å²) in [7, 11) is 0. The van der Waals surface area contributed by atoms with Gasteiger partial charge in [-0.1, -0.05) is 35.9 Å². The summed E-state index contributed by atoms with van der Waals surface area (Å²) >= 11 is 6.01. The van der Waals surface area contributed by atoms with Gasteiger partial charge in [0.05, 0.1) is 12.7 Å². The Morgan fingerprint density at radius 2 is 1.86 bits per heavy atom. The number of ether oxygens (including phenoxy) is 1. The maximum Gasteiger partial charge on any atom is 0.119 e. The summed E-state index contributed by atoms with van der Waals surface area (Å²) in [6.07, 6.45) is -0.677. The first-order chi connectivity index (χ1) is 10.2. The van der Waals surface area contributed by atoms with E-state index in [2.05, 4.69) is 0 Å². The average Bonchev–Trinajstić information content (AvgIpc) is 2.49. The van der Waals surface area contributed by atoms with Crippen LogP contribution in [0.3, 0.4) is 0 Å². The fraction of sp³-hybridized carbons (Fsp3) is 0.294. The average molecular weight is 306 g/mol. The Balaban J connectivity index is 2.21. The highest BCUT2D eigenvalue weighted by Gasteiger charge is 2.21. The molecule has 4 heteroatoms. The third-order valence-corrected chi connectivity index (χ3v) is 3.68. The van der Waals surface area contributed by atoms with E-state index < -0.39 is 6.10 Å². The molecule has 21 heavy (non-hydrogen) atoms. The first kappa shape index (κ1) is 15.8. The Bertz CT molecular complexity index is 571. The smallest absolute Gasteiger partial charge is 0.119 e. The van der Waals surface area contributed by atoms with Crippen molar-refractivity contribution in [3.63, 3.8) is 0 Å². The number of aliphatic hydroxyl groups is 1. The lowest BCUT2D eigenvalue weighted by Gasteiger charge is -2.22. The second-order valence-electron chi connectivity index (χ2n) is 4.84. The molecule has 0 aliphatic carbocycles. The molecule has 112 valence electrons. The minimum atomic E-state index is -0.677. The highest BCUT2D eigenvalue weighted by atomic mass is 35.5. The van der Waals surface area contributed by atoms with Crippen molar-refractivity contribution in [2.45, 2.75) is 18.9 Å². The van der Waals surface area contributed by atoms with E-state index in [9.17, 15) is 5.11 Å². The summed E-state index contributed by atoms with van der Waals surface area (Å²) in [5.41, 5.74) is 7.59. The van der Waals surface area contributed by atoms with Crippen molar-refractivity contribution in [3.8, 4) is 5.75 Å². The molecule has 0 saturated heterocycles. The van der Waals surface area contributed by atoms with Crippen LogP contribution in [0, 0.1) is 0 Å². The van der Waals surface area contributed by atoms with Crippen LogP contribution in [0.25, 0.3) is 0 Å². The van der Waals surface area contributed by atoms with E-state index in [4.69, 9.17) is 22.1 Å². The van der Waals surface area contributed by atoms with Gasteiger partial charge >= 0.3 is 0 Å². The third kappa shape index (κ3) is 3.97. The molecule has 0 fully saturated rings. The molecule has 2 atom stereocenters. The van der Waals surface area contributed by atoms with Gasteiger partial charge in [0.1, 0.15) is 5.75 Å². The van der Waals surface area contributed by atoms with E-state index >= 15 is 0 Å². The van der Waals surface area contributed by atoms with Crippen LogP contribution in [0.4, 0.5) is 0 Å². The van der Waals surface area contributed by atoms with Crippen molar-refractivity contribution in [2.75, 3.05) is 13.2 Å². The minimum absolute atomic E-state index is 0.193. The van der Waals surface area contributed by atoms with E-state index in [-0.39, 0.29) is 5.92 Å². The summed E-state index contributed by atoms with van der Waals surface area (Å²) in [6, 6.07) is 14.9. The van der Waals surface area contributed by atoms with Gasteiger partial charge in [-0.2, -0.15) is 0 Å². The summed E-state index contributed by atoms with van der Waals surface area (Å²) in [6.45, 7) is 2.90. The van der Waals surface area contributed by atoms with Crippen molar-refractivity contribution in [3.05, 3.63) is 64.7 Å². The molecule has 0 spiro atoms. The molecule has 0 amide bonds. The lowest BCUT2D eigenvalue weighted by molar-refractivity contribution is 0.147. The van der Waals surface area contributed by atoms with Gasteiger partial charge in [-0.05, 0) is 42.3 Å². The Kier molecular flexibility index (Phi) is 5.62. The molecule has 3 N–H and O–H groups in total. The Hall–Kier alpha value is -1.55. The van der Waals surface area contributed by atoms with Crippen molar-refractivity contribution >= 4 is 11.6 Å². The highest BCUT2D eigenvalue weighted by Crippen LogP contribution is 2.32. The molecule has 2 aromatic rings. The molecule has 0 bridgehead atoms. The molecule has 3 nitrogen and oxygen atoms in total. The molecule has 0 aromatic heterocycles. The molecule has 0 saturated carbocycles. The number of halogens is 1. The van der Waals surface area contributed by atoms with Crippen LogP contribution in [0.5, 0.6) is 5.75 Å². The Morgan fingerprint density at radius 1 is 1.14 bits per heavy atom. The maximum atomic E-state index is 10.6. The van der Waals surface area contributed by atoms with Crippen molar-refractivity contribution in [1.29, 1.82) is 0 Å². The first-order valence-corrected chi connectivity index (χ1v) is 7.39. The maximum absolute atomic E-state index is 10.6. The van der Waals surface area contributed by atoms with Crippen LogP contribution in [-0.2, 0) is 0 Å². The summed E-state index contributed by atoms with van der Waals surface area (Å²) in [5, 5.41) is 11.2. The Labute approximate surface area is 130 Å². The van der Waals surface area contributed by atoms with Gasteiger partial charge in [0, 0.05) is 17.5 Å². The predicted octanol–water partition coefficient (Wildman–Crippen LogP) is 3.51. The van der Waals surface area contributed by atoms with Crippen LogP contribution in [0.15, 0.2) is 48.5 Å². The van der Waals surface area contributed by atoms with E-state index in [0.29, 0.717) is 18.2 Å². The number of hydrogen-bond donors (Lipinski definition) is 2. The monoisotopic (exact) mass is 305 g/mol. The minimum Gasteiger partial charge on any atom is -0.494 e. The first-order valence-electron chi connectivity index (χ1n) is 7.02. The number of aliphatic hydroxyl groups excluding tert-OH is 1. The predicted molar refractivity (Wildman–Crippen MR) is 85.8 cm³/mol. The normalized spacial score (nSPS) is 13.7. The van der Waals surface area contributed by atoms with Gasteiger partial charge in [0.2, 0.25) is 0 Å². The summed E-state index contributed by atoms with van der Waals surface area (Å²) in [5.74, 6) is 0.599. The summed E-state index contributed by atoms with van der Waals surface area (Å²) in [4.78, 5) is 0. The Morgan fingerprint density at radius 3 is 2.43 bits per heavy atom. The molecule has 0 radical (unpaired) electrons. The van der Waals surface area contributed by atoms with Crippen LogP contribution in [0.1, 0.15) is 30.1 Å². The van der Waals surface area contributed by atoms with Gasteiger partial charge < -0.3 is 15.6 Å². The van der Waals surface area contributed by atoms with E-state index in [1.54, 1.807) is 0 Å². The third-order valence-electron chi connectivity index (χ3n) is 3.44. The van der Waals surface area contributed by atoms with E-state index in [1.807, 2.05) is 55.5 Å². The standard InChI is InChI=1S/C17H20ClNO2/c1-2-21-15-8-6-12(7-9-15)17(20)16(11-19)13-4-3-5-14(18)10-13/h3-10,16-17,20H,2,11,19H2,1H3. The molecular formula is C17H20ClNO2. The fourth-order valence-corrected chi connectivity index (χ4v) is 2.54. The van der Waals surface area contributed by atoms with Crippen molar-refractivity contribution in [2.24, 2.45) is 5.73 Å². The topological polar surface area (TPSA) is 55.5 Å². The zero-order valence-corrected chi connectivity index (χ0v) is 12.8. The highest BCUT2D eigenvalue weighted by molar-refractivity contribution is 6.30. The zero-order valence-electron chi connectivity index (χ0n) is 12.0. The van der Waals surface area contributed by atoms with Crippen molar-refractivity contribution in [1.82, 2.24) is 0 Å². The number of rotatable bonds is 6. The van der Waals surface area contributed by atoms with Crippen LogP contribution in [-0.4, -0.2) is 18.3 Å². The van der Waals surface area contributed by atoms with Gasteiger partial charge in [-0.25, -0.2) is 0 Å². The van der Waals surface area contributed by atoms with E-state index in [1.165, 1.54) is 0 Å². The largest absolute Gasteiger partial charge is 0.494 e. The van der Waals surface area contributed by atoms with Gasteiger partial charge in [0.25, 0.3) is 0 Å². The fourth-order valence-electron chi connectivity index (χ4n) is 2.34. The van der Waals surface area contributed by atoms with Crippen molar-refractivity contribution < 1.29 is 9.84 Å². The molecule has 2 unspecified atom stereocenters. The molecule has 0 aliphatic rings. The quantitative estimate of drug-likeness (QED) is 0.858. The lowest BCUT2D eigenvalue weighted by Crippen LogP contribution is -2.20. The molecule has 2 rings (SSSR count). The lowest BCUT2D eigenvalue weighted by atomic mass is 9.89. The summed E-state index contributed by atoms with van der Waals surface area (Å²) < 4.78 is 5.40. The molecule has 0 heterocycles. The molecule has 2 aromatic carbocycles. The second-order valence-corrected chi connectivity index (χ2v) is 5.28. The van der Waals surface area contributed by atoms with Gasteiger partial charge in [-0.3, -0.25) is 0 Å².